The molecule has 14 heavy (non-hydrogen) atoms. The second kappa shape index (κ2) is 3.91. The van der Waals surface area contributed by atoms with Crippen molar-refractivity contribution >= 4 is 18.9 Å². The summed E-state index contributed by atoms with van der Waals surface area (Å²) >= 11 is 3.82. The zero-order chi connectivity index (χ0) is 10.8. The Labute approximate surface area is 83.1 Å². The van der Waals surface area contributed by atoms with Crippen LogP contribution >= 0.6 is 12.6 Å². The van der Waals surface area contributed by atoms with Gasteiger partial charge in [0, 0.05) is 4.90 Å². The number of ether oxygens (including phenoxy) is 1. The highest BCUT2D eigenvalue weighted by Crippen LogP contribution is 2.28. The Kier molecular flexibility index (Phi) is 3.05. The van der Waals surface area contributed by atoms with Gasteiger partial charge < -0.3 is 4.74 Å². The summed E-state index contributed by atoms with van der Waals surface area (Å²) in [5.41, 5.74) is -0.215. The monoisotopic (exact) mass is 222 g/mol. The second-order valence-corrected chi connectivity index (χ2v) is 2.84. The van der Waals surface area contributed by atoms with E-state index in [2.05, 4.69) is 17.4 Å². The van der Waals surface area contributed by atoms with E-state index in [0.29, 0.717) is 0 Å². The molecule has 0 spiro atoms. The number of aldehydes is 1. The maximum Gasteiger partial charge on any atom is 0.573 e. The molecule has 0 saturated heterocycles. The average Bonchev–Trinajstić information content (AvgIpc) is 2.01. The molecule has 1 rings (SSSR count). The Morgan fingerprint density at radius 3 is 2.50 bits per heavy atom. The first kappa shape index (κ1) is 10.9. The first-order valence-corrected chi connectivity index (χ1v) is 3.91. The van der Waals surface area contributed by atoms with E-state index in [0.717, 1.165) is 6.07 Å². The summed E-state index contributed by atoms with van der Waals surface area (Å²) in [4.78, 5) is 10.6. The number of alkyl halides is 3. The molecule has 1 aromatic rings. The minimum absolute atomic E-state index is 0.141. The van der Waals surface area contributed by atoms with Crippen molar-refractivity contribution in [3.8, 4) is 5.75 Å². The van der Waals surface area contributed by atoms with Crippen LogP contribution in [0, 0.1) is 0 Å². The number of hydrogen-bond donors (Lipinski definition) is 1. The van der Waals surface area contributed by atoms with Crippen molar-refractivity contribution in [3.05, 3.63) is 23.8 Å². The van der Waals surface area contributed by atoms with Crippen LogP contribution in [0.5, 0.6) is 5.75 Å². The fourth-order valence-electron chi connectivity index (χ4n) is 0.865. The molecule has 0 aliphatic heterocycles. The van der Waals surface area contributed by atoms with E-state index in [9.17, 15) is 18.0 Å². The quantitative estimate of drug-likeness (QED) is 0.615. The molecule has 0 unspecified atom stereocenters. The molecule has 0 fully saturated rings. The van der Waals surface area contributed by atoms with Gasteiger partial charge in [0.15, 0.2) is 6.29 Å². The highest BCUT2D eigenvalue weighted by molar-refractivity contribution is 7.80. The predicted molar refractivity (Wildman–Crippen MR) is 45.8 cm³/mol. The van der Waals surface area contributed by atoms with Gasteiger partial charge in [-0.2, -0.15) is 0 Å². The molecule has 0 amide bonds. The van der Waals surface area contributed by atoms with Crippen LogP contribution in [0.25, 0.3) is 0 Å². The third-order valence-corrected chi connectivity index (χ3v) is 1.78. The molecular weight excluding hydrogens is 217 g/mol. The normalized spacial score (nSPS) is 11.1. The minimum atomic E-state index is -4.81. The van der Waals surface area contributed by atoms with Gasteiger partial charge in [-0.25, -0.2) is 0 Å². The van der Waals surface area contributed by atoms with Crippen LogP contribution in [0.15, 0.2) is 23.1 Å². The van der Waals surface area contributed by atoms with Crippen LogP contribution in [0.1, 0.15) is 10.4 Å². The van der Waals surface area contributed by atoms with E-state index in [-0.39, 0.29) is 16.7 Å². The minimum Gasteiger partial charge on any atom is -0.405 e. The van der Waals surface area contributed by atoms with Crippen molar-refractivity contribution < 1.29 is 22.7 Å². The van der Waals surface area contributed by atoms with Crippen LogP contribution < -0.4 is 4.74 Å². The second-order valence-electron chi connectivity index (χ2n) is 2.35. The number of thiol groups is 1. The molecule has 0 bridgehead atoms. The van der Waals surface area contributed by atoms with E-state index >= 15 is 0 Å². The molecule has 1 aromatic carbocycles. The largest absolute Gasteiger partial charge is 0.573 e. The van der Waals surface area contributed by atoms with Gasteiger partial charge in [0.25, 0.3) is 0 Å². The maximum absolute atomic E-state index is 11.8. The number of rotatable bonds is 2. The smallest absolute Gasteiger partial charge is 0.405 e. The molecule has 0 aromatic heterocycles. The fourth-order valence-corrected chi connectivity index (χ4v) is 1.11. The highest BCUT2D eigenvalue weighted by Gasteiger charge is 2.32. The predicted octanol–water partition coefficient (Wildman–Crippen LogP) is 2.69. The third-order valence-electron chi connectivity index (χ3n) is 1.39. The summed E-state index contributed by atoms with van der Waals surface area (Å²) in [6.45, 7) is 0. The lowest BCUT2D eigenvalue weighted by atomic mass is 10.2. The molecule has 0 atom stereocenters. The standard InChI is InChI=1S/C8H5F3O2S/c9-8(10,11)13-6-2-1-3-7(14)5(6)4-12/h1-4,14H. The number of benzene rings is 1. The van der Waals surface area contributed by atoms with E-state index < -0.39 is 12.1 Å². The molecule has 2 nitrogen and oxygen atoms in total. The molecule has 0 radical (unpaired) electrons. The number of carbonyl (C=O) groups excluding carboxylic acids is 1. The first-order chi connectivity index (χ1) is 6.44. The van der Waals surface area contributed by atoms with Crippen LogP contribution in [-0.4, -0.2) is 12.6 Å². The summed E-state index contributed by atoms with van der Waals surface area (Å²) in [6, 6.07) is 3.77. The van der Waals surface area contributed by atoms with Crippen molar-refractivity contribution in [2.24, 2.45) is 0 Å². The van der Waals surface area contributed by atoms with Crippen LogP contribution in [0.2, 0.25) is 0 Å². The molecule has 76 valence electrons. The zero-order valence-corrected chi connectivity index (χ0v) is 7.60. The van der Waals surface area contributed by atoms with E-state index in [1.807, 2.05) is 0 Å². The lowest BCUT2D eigenvalue weighted by molar-refractivity contribution is -0.274. The van der Waals surface area contributed by atoms with Crippen molar-refractivity contribution in [2.75, 3.05) is 0 Å². The Balaban J connectivity index is 3.08. The van der Waals surface area contributed by atoms with Gasteiger partial charge in [0.05, 0.1) is 5.56 Å². The average molecular weight is 222 g/mol. The third kappa shape index (κ3) is 2.66. The van der Waals surface area contributed by atoms with Gasteiger partial charge >= 0.3 is 6.36 Å². The highest BCUT2D eigenvalue weighted by atomic mass is 32.1. The first-order valence-electron chi connectivity index (χ1n) is 3.47. The molecule has 6 heteroatoms. The summed E-state index contributed by atoms with van der Waals surface area (Å²) in [6.07, 6.45) is -4.54. The molecule has 0 heterocycles. The van der Waals surface area contributed by atoms with Gasteiger partial charge in [-0.1, -0.05) is 6.07 Å². The summed E-state index contributed by atoms with van der Waals surface area (Å²) in [5, 5.41) is 0. The Bertz CT molecular complexity index is 349. The van der Waals surface area contributed by atoms with Crippen molar-refractivity contribution in [3.63, 3.8) is 0 Å². The van der Waals surface area contributed by atoms with E-state index in [1.165, 1.54) is 12.1 Å². The van der Waals surface area contributed by atoms with E-state index in [4.69, 9.17) is 0 Å². The van der Waals surface area contributed by atoms with Crippen molar-refractivity contribution in [1.29, 1.82) is 0 Å². The molecule has 0 aliphatic rings. The van der Waals surface area contributed by atoms with Crippen molar-refractivity contribution in [2.45, 2.75) is 11.3 Å². The molecular formula is C8H5F3O2S. The Morgan fingerprint density at radius 2 is 2.00 bits per heavy atom. The summed E-state index contributed by atoms with van der Waals surface area (Å²) in [5.74, 6) is -0.542. The molecule has 0 aliphatic carbocycles. The SMILES string of the molecule is O=Cc1c(S)cccc1OC(F)(F)F. The van der Waals surface area contributed by atoms with Gasteiger partial charge in [0.2, 0.25) is 0 Å². The Hall–Kier alpha value is -1.17. The van der Waals surface area contributed by atoms with Crippen molar-refractivity contribution in [1.82, 2.24) is 0 Å². The summed E-state index contributed by atoms with van der Waals surface area (Å²) < 4.78 is 39.1. The van der Waals surface area contributed by atoms with Gasteiger partial charge in [-0.05, 0) is 12.1 Å². The van der Waals surface area contributed by atoms with Crippen LogP contribution in [-0.2, 0) is 0 Å². The number of halogens is 3. The van der Waals surface area contributed by atoms with Gasteiger partial charge in [0.1, 0.15) is 5.75 Å². The lowest BCUT2D eigenvalue weighted by Gasteiger charge is -2.11. The molecule has 0 saturated carbocycles. The Morgan fingerprint density at radius 1 is 1.36 bits per heavy atom. The van der Waals surface area contributed by atoms with Gasteiger partial charge in [-0.15, -0.1) is 25.8 Å². The zero-order valence-electron chi connectivity index (χ0n) is 6.71. The van der Waals surface area contributed by atoms with Crippen LogP contribution in [0.4, 0.5) is 13.2 Å². The molecule has 0 N–H and O–H groups in total. The van der Waals surface area contributed by atoms with Crippen LogP contribution in [0.3, 0.4) is 0 Å². The summed E-state index contributed by atoms with van der Waals surface area (Å²) in [7, 11) is 0. The number of hydrogen-bond acceptors (Lipinski definition) is 3. The number of carbonyl (C=O) groups is 1. The fraction of sp³-hybridized carbons (Fsp3) is 0.125. The van der Waals surface area contributed by atoms with Gasteiger partial charge in [-0.3, -0.25) is 4.79 Å². The lowest BCUT2D eigenvalue weighted by Crippen LogP contribution is -2.18. The topological polar surface area (TPSA) is 26.3 Å². The maximum atomic E-state index is 11.8. The van der Waals surface area contributed by atoms with E-state index in [1.54, 1.807) is 0 Å².